The lowest BCUT2D eigenvalue weighted by atomic mass is 10.0. The Kier molecular flexibility index (Phi) is 5.02. The Morgan fingerprint density at radius 1 is 1.33 bits per heavy atom. The molecule has 0 aromatic heterocycles. The first-order valence-corrected chi connectivity index (χ1v) is 4.32. The number of halogens is 3. The normalized spacial score (nSPS) is 16.1. The summed E-state index contributed by atoms with van der Waals surface area (Å²) >= 11 is 0. The van der Waals surface area contributed by atoms with Crippen molar-refractivity contribution in [2.24, 2.45) is 5.73 Å². The van der Waals surface area contributed by atoms with Crippen LogP contribution < -0.4 is 5.73 Å². The minimum Gasteiger partial charge on any atom is -0.480 e. The van der Waals surface area contributed by atoms with Gasteiger partial charge in [0.05, 0.1) is 13.0 Å². The molecule has 0 heterocycles. The SMILES string of the molecule is CC(N)(CCOCCC(F)(F)F)C(=O)O. The smallest absolute Gasteiger partial charge is 0.391 e. The molecule has 3 N–H and O–H groups in total. The van der Waals surface area contributed by atoms with E-state index in [2.05, 4.69) is 4.74 Å². The fourth-order valence-corrected chi connectivity index (χ4v) is 0.681. The number of aliphatic carboxylic acids is 1. The van der Waals surface area contributed by atoms with Crippen molar-refractivity contribution in [1.82, 2.24) is 0 Å². The van der Waals surface area contributed by atoms with Crippen molar-refractivity contribution in [3.63, 3.8) is 0 Å². The summed E-state index contributed by atoms with van der Waals surface area (Å²) in [5.74, 6) is -1.21. The number of alkyl halides is 3. The van der Waals surface area contributed by atoms with Crippen LogP contribution in [0.15, 0.2) is 0 Å². The van der Waals surface area contributed by atoms with Gasteiger partial charge in [0.2, 0.25) is 0 Å². The van der Waals surface area contributed by atoms with E-state index in [9.17, 15) is 18.0 Å². The molecule has 1 unspecified atom stereocenters. The first-order chi connectivity index (χ1) is 6.65. The molecule has 4 nitrogen and oxygen atoms in total. The van der Waals surface area contributed by atoms with Crippen molar-refractivity contribution in [3.05, 3.63) is 0 Å². The van der Waals surface area contributed by atoms with E-state index in [1.54, 1.807) is 0 Å². The molecule has 0 fully saturated rings. The molecule has 0 aliphatic heterocycles. The maximum atomic E-state index is 11.6. The van der Waals surface area contributed by atoms with Gasteiger partial charge in [0, 0.05) is 6.61 Å². The van der Waals surface area contributed by atoms with Crippen molar-refractivity contribution >= 4 is 5.97 Å². The first kappa shape index (κ1) is 14.2. The van der Waals surface area contributed by atoms with E-state index in [-0.39, 0.29) is 13.0 Å². The van der Waals surface area contributed by atoms with Crippen LogP contribution >= 0.6 is 0 Å². The van der Waals surface area contributed by atoms with E-state index in [1.807, 2.05) is 0 Å². The van der Waals surface area contributed by atoms with Crippen LogP contribution in [0.1, 0.15) is 19.8 Å². The molecule has 7 heteroatoms. The van der Waals surface area contributed by atoms with E-state index in [0.29, 0.717) is 0 Å². The monoisotopic (exact) mass is 229 g/mol. The molecule has 0 rings (SSSR count). The summed E-state index contributed by atoms with van der Waals surface area (Å²) in [4.78, 5) is 10.5. The lowest BCUT2D eigenvalue weighted by Crippen LogP contribution is -2.45. The van der Waals surface area contributed by atoms with Crippen molar-refractivity contribution in [1.29, 1.82) is 0 Å². The van der Waals surface area contributed by atoms with Gasteiger partial charge in [-0.2, -0.15) is 13.2 Å². The van der Waals surface area contributed by atoms with E-state index >= 15 is 0 Å². The summed E-state index contributed by atoms with van der Waals surface area (Å²) in [5, 5.41) is 8.57. The minimum absolute atomic E-state index is 0.0276. The zero-order valence-corrected chi connectivity index (χ0v) is 8.30. The molecule has 0 saturated heterocycles. The van der Waals surface area contributed by atoms with Gasteiger partial charge in [-0.3, -0.25) is 4.79 Å². The Balaban J connectivity index is 3.60. The topological polar surface area (TPSA) is 72.5 Å². The highest BCUT2D eigenvalue weighted by molar-refractivity contribution is 5.77. The maximum absolute atomic E-state index is 11.6. The molecule has 0 spiro atoms. The minimum atomic E-state index is -4.25. The summed E-state index contributed by atoms with van der Waals surface area (Å²) in [6, 6.07) is 0. The Morgan fingerprint density at radius 2 is 1.80 bits per heavy atom. The van der Waals surface area contributed by atoms with Crippen LogP contribution in [-0.2, 0) is 9.53 Å². The molecular formula is C8H14F3NO3. The molecule has 0 amide bonds. The fraction of sp³-hybridized carbons (Fsp3) is 0.875. The van der Waals surface area contributed by atoms with Crippen LogP contribution in [0.4, 0.5) is 13.2 Å². The van der Waals surface area contributed by atoms with E-state index in [4.69, 9.17) is 10.8 Å². The van der Waals surface area contributed by atoms with Crippen molar-refractivity contribution in [2.75, 3.05) is 13.2 Å². The average Bonchev–Trinajstić information content (AvgIpc) is 2.00. The zero-order valence-electron chi connectivity index (χ0n) is 8.30. The second kappa shape index (κ2) is 5.32. The molecule has 0 radical (unpaired) electrons. The van der Waals surface area contributed by atoms with Gasteiger partial charge in [0.1, 0.15) is 5.54 Å². The van der Waals surface area contributed by atoms with Gasteiger partial charge in [0.15, 0.2) is 0 Å². The number of hydrogen-bond donors (Lipinski definition) is 2. The number of carboxylic acids is 1. The molecule has 0 aliphatic rings. The van der Waals surface area contributed by atoms with Gasteiger partial charge >= 0.3 is 12.1 Å². The summed E-state index contributed by atoms with van der Waals surface area (Å²) in [6.45, 7) is 0.705. The molecule has 0 aromatic carbocycles. The molecular weight excluding hydrogens is 215 g/mol. The molecule has 0 aromatic rings. The Bertz CT molecular complexity index is 216. The van der Waals surface area contributed by atoms with E-state index in [1.165, 1.54) is 6.92 Å². The largest absolute Gasteiger partial charge is 0.480 e. The Labute approximate surface area is 85.2 Å². The van der Waals surface area contributed by atoms with E-state index < -0.39 is 30.7 Å². The highest BCUT2D eigenvalue weighted by atomic mass is 19.4. The number of hydrogen-bond acceptors (Lipinski definition) is 3. The number of carbonyl (C=O) groups is 1. The summed E-state index contributed by atoms with van der Waals surface area (Å²) in [7, 11) is 0. The van der Waals surface area contributed by atoms with Crippen LogP contribution in [0, 0.1) is 0 Å². The third-order valence-corrected chi connectivity index (χ3v) is 1.78. The third-order valence-electron chi connectivity index (χ3n) is 1.78. The maximum Gasteiger partial charge on any atom is 0.391 e. The van der Waals surface area contributed by atoms with Gasteiger partial charge in [-0.05, 0) is 13.3 Å². The molecule has 0 saturated carbocycles. The molecule has 90 valence electrons. The highest BCUT2D eigenvalue weighted by Crippen LogP contribution is 2.19. The van der Waals surface area contributed by atoms with Crippen LogP contribution in [0.5, 0.6) is 0 Å². The lowest BCUT2D eigenvalue weighted by molar-refractivity contribution is -0.148. The standard InChI is InChI=1S/C8H14F3NO3/c1-7(12,6(13)14)2-4-15-5-3-8(9,10)11/h2-5,12H2,1H3,(H,13,14). The fourth-order valence-electron chi connectivity index (χ4n) is 0.681. The van der Waals surface area contributed by atoms with Crippen molar-refractivity contribution < 1.29 is 27.8 Å². The van der Waals surface area contributed by atoms with Gasteiger partial charge in [-0.15, -0.1) is 0 Å². The van der Waals surface area contributed by atoms with Crippen LogP contribution in [0.3, 0.4) is 0 Å². The van der Waals surface area contributed by atoms with Gasteiger partial charge < -0.3 is 15.6 Å². The number of ether oxygens (including phenoxy) is 1. The zero-order chi connectivity index (χ0) is 12.1. The van der Waals surface area contributed by atoms with Crippen LogP contribution in [0.2, 0.25) is 0 Å². The van der Waals surface area contributed by atoms with Crippen LogP contribution in [-0.4, -0.2) is 36.0 Å². The molecule has 0 aliphatic carbocycles. The number of nitrogens with two attached hydrogens (primary N) is 1. The second-order valence-corrected chi connectivity index (χ2v) is 3.45. The highest BCUT2D eigenvalue weighted by Gasteiger charge is 2.28. The summed E-state index contributed by atoms with van der Waals surface area (Å²) in [5.41, 5.74) is 3.87. The van der Waals surface area contributed by atoms with Crippen molar-refractivity contribution in [3.8, 4) is 0 Å². The predicted molar refractivity (Wildman–Crippen MR) is 46.3 cm³/mol. The molecule has 1 atom stereocenters. The molecule has 15 heavy (non-hydrogen) atoms. The third kappa shape index (κ3) is 7.15. The quantitative estimate of drug-likeness (QED) is 0.670. The summed E-state index contributed by atoms with van der Waals surface area (Å²) in [6.07, 6.45) is -5.32. The Hall–Kier alpha value is -0.820. The van der Waals surface area contributed by atoms with Gasteiger partial charge in [0.25, 0.3) is 0 Å². The second-order valence-electron chi connectivity index (χ2n) is 3.45. The van der Waals surface area contributed by atoms with Gasteiger partial charge in [-0.25, -0.2) is 0 Å². The first-order valence-electron chi connectivity index (χ1n) is 4.32. The van der Waals surface area contributed by atoms with Gasteiger partial charge in [-0.1, -0.05) is 0 Å². The van der Waals surface area contributed by atoms with Crippen molar-refractivity contribution in [2.45, 2.75) is 31.5 Å². The predicted octanol–water partition coefficient (Wildman–Crippen LogP) is 1.15. The van der Waals surface area contributed by atoms with E-state index in [0.717, 1.165) is 0 Å². The average molecular weight is 229 g/mol. The number of carboxylic acid groups (broad SMARTS) is 1. The number of rotatable bonds is 6. The lowest BCUT2D eigenvalue weighted by Gasteiger charge is -2.18. The summed E-state index contributed by atoms with van der Waals surface area (Å²) < 4.78 is 39.6. The molecule has 0 bridgehead atoms. The van der Waals surface area contributed by atoms with Crippen LogP contribution in [0.25, 0.3) is 0 Å². The Morgan fingerprint density at radius 3 is 2.20 bits per heavy atom.